The average Bonchev–Trinajstić information content (AvgIpc) is 2.35. The van der Waals surface area contributed by atoms with Crippen molar-refractivity contribution in [3.63, 3.8) is 0 Å². The second kappa shape index (κ2) is 4.67. The number of piperazine rings is 1. The lowest BCUT2D eigenvalue weighted by Crippen LogP contribution is -2.50. The molecule has 1 saturated heterocycles. The van der Waals surface area contributed by atoms with Crippen molar-refractivity contribution in [2.75, 3.05) is 19.6 Å². The lowest BCUT2D eigenvalue weighted by atomic mass is 10.1. The van der Waals surface area contributed by atoms with Crippen molar-refractivity contribution >= 4 is 11.8 Å². The number of carbonyl (C=O) groups is 2. The fourth-order valence-electron chi connectivity index (χ4n) is 1.67. The van der Waals surface area contributed by atoms with Crippen LogP contribution in [0.1, 0.15) is 10.4 Å². The van der Waals surface area contributed by atoms with Crippen molar-refractivity contribution < 1.29 is 22.8 Å². The molecule has 1 aromatic rings. The normalized spacial score (nSPS) is 15.5. The maximum absolute atomic E-state index is 13.4. The number of hydrogen-bond acceptors (Lipinski definition) is 2. The predicted octanol–water partition coefficient (Wildman–Crippen LogP) is 0.676. The first-order chi connectivity index (χ1) is 8.50. The van der Waals surface area contributed by atoms with Gasteiger partial charge in [0, 0.05) is 13.1 Å². The second-order valence-electron chi connectivity index (χ2n) is 3.80. The largest absolute Gasteiger partial charge is 0.353 e. The van der Waals surface area contributed by atoms with Crippen LogP contribution in [0.2, 0.25) is 0 Å². The van der Waals surface area contributed by atoms with Gasteiger partial charge in [-0.1, -0.05) is 0 Å². The molecule has 1 N–H and O–H groups in total. The summed E-state index contributed by atoms with van der Waals surface area (Å²) in [6.45, 7) is 0.218. The first-order valence-corrected chi connectivity index (χ1v) is 5.20. The minimum atomic E-state index is -1.69. The van der Waals surface area contributed by atoms with Crippen LogP contribution in [0.5, 0.6) is 0 Å². The molecular weight excluding hydrogens is 249 g/mol. The van der Waals surface area contributed by atoms with Gasteiger partial charge in [0.25, 0.3) is 5.91 Å². The molecule has 0 aromatic heterocycles. The molecule has 1 fully saturated rings. The smallest absolute Gasteiger partial charge is 0.257 e. The third-order valence-corrected chi connectivity index (χ3v) is 2.59. The molecule has 0 atom stereocenters. The standard InChI is InChI=1S/C11H9F3N2O2/c12-7-2-1-6(9(13)10(7)14)11(18)16-4-3-15-8(17)5-16/h1-2H,3-5H2,(H,15,17). The zero-order chi connectivity index (χ0) is 13.3. The van der Waals surface area contributed by atoms with E-state index in [1.165, 1.54) is 0 Å². The fraction of sp³-hybridized carbons (Fsp3) is 0.273. The van der Waals surface area contributed by atoms with Crippen LogP contribution in [0.3, 0.4) is 0 Å². The predicted molar refractivity (Wildman–Crippen MR) is 55.2 cm³/mol. The molecule has 0 radical (unpaired) electrons. The Bertz CT molecular complexity index is 519. The molecule has 0 spiro atoms. The molecule has 1 aliphatic heterocycles. The van der Waals surface area contributed by atoms with Gasteiger partial charge < -0.3 is 10.2 Å². The molecule has 18 heavy (non-hydrogen) atoms. The Morgan fingerprint density at radius 3 is 2.61 bits per heavy atom. The van der Waals surface area contributed by atoms with Gasteiger partial charge in [0.15, 0.2) is 17.5 Å². The molecule has 1 heterocycles. The second-order valence-corrected chi connectivity index (χ2v) is 3.80. The first-order valence-electron chi connectivity index (χ1n) is 5.20. The molecule has 1 aliphatic rings. The Labute approximate surface area is 100 Å². The Morgan fingerprint density at radius 1 is 1.22 bits per heavy atom. The number of hydrogen-bond donors (Lipinski definition) is 1. The van der Waals surface area contributed by atoms with Crippen molar-refractivity contribution in [2.45, 2.75) is 0 Å². The van der Waals surface area contributed by atoms with Crippen LogP contribution in [0.25, 0.3) is 0 Å². The summed E-state index contributed by atoms with van der Waals surface area (Å²) in [5, 5.41) is 2.49. The third-order valence-electron chi connectivity index (χ3n) is 2.59. The SMILES string of the molecule is O=C1CN(C(=O)c2ccc(F)c(F)c2F)CCN1. The van der Waals surface area contributed by atoms with Crippen LogP contribution in [0.4, 0.5) is 13.2 Å². The molecule has 0 saturated carbocycles. The van der Waals surface area contributed by atoms with Crippen molar-refractivity contribution in [2.24, 2.45) is 0 Å². The van der Waals surface area contributed by atoms with Gasteiger partial charge in [0.05, 0.1) is 12.1 Å². The third kappa shape index (κ3) is 2.15. The van der Waals surface area contributed by atoms with Crippen LogP contribution < -0.4 is 5.32 Å². The van der Waals surface area contributed by atoms with Crippen molar-refractivity contribution in [1.29, 1.82) is 0 Å². The van der Waals surface area contributed by atoms with Gasteiger partial charge >= 0.3 is 0 Å². The zero-order valence-corrected chi connectivity index (χ0v) is 9.17. The van der Waals surface area contributed by atoms with E-state index in [9.17, 15) is 22.8 Å². The molecule has 4 nitrogen and oxygen atoms in total. The van der Waals surface area contributed by atoms with E-state index in [0.29, 0.717) is 6.07 Å². The quantitative estimate of drug-likeness (QED) is 0.753. The van der Waals surface area contributed by atoms with Crippen LogP contribution in [-0.4, -0.2) is 36.3 Å². The van der Waals surface area contributed by atoms with E-state index in [4.69, 9.17) is 0 Å². The number of carbonyl (C=O) groups excluding carboxylic acids is 2. The van der Waals surface area contributed by atoms with Gasteiger partial charge in [-0.05, 0) is 12.1 Å². The highest BCUT2D eigenvalue weighted by Crippen LogP contribution is 2.17. The molecule has 7 heteroatoms. The van der Waals surface area contributed by atoms with Gasteiger partial charge in [-0.3, -0.25) is 9.59 Å². The number of amides is 2. The summed E-state index contributed by atoms with van der Waals surface area (Å²) < 4.78 is 39.1. The maximum Gasteiger partial charge on any atom is 0.257 e. The molecule has 0 aliphatic carbocycles. The van der Waals surface area contributed by atoms with Crippen LogP contribution in [-0.2, 0) is 4.79 Å². The molecule has 0 bridgehead atoms. The molecule has 0 unspecified atom stereocenters. The summed E-state index contributed by atoms with van der Waals surface area (Å²) in [7, 11) is 0. The molecule has 96 valence electrons. The average molecular weight is 258 g/mol. The Kier molecular flexibility index (Phi) is 3.22. The van der Waals surface area contributed by atoms with Gasteiger partial charge in [0.1, 0.15) is 0 Å². The Morgan fingerprint density at radius 2 is 1.94 bits per heavy atom. The van der Waals surface area contributed by atoms with Crippen molar-refractivity contribution in [3.8, 4) is 0 Å². The van der Waals surface area contributed by atoms with E-state index in [2.05, 4.69) is 5.32 Å². The summed E-state index contributed by atoms with van der Waals surface area (Å²) in [4.78, 5) is 24.0. The number of halogens is 3. The van der Waals surface area contributed by atoms with Crippen LogP contribution in [0.15, 0.2) is 12.1 Å². The lowest BCUT2D eigenvalue weighted by Gasteiger charge is -2.26. The maximum atomic E-state index is 13.4. The Balaban J connectivity index is 2.29. The fourth-order valence-corrected chi connectivity index (χ4v) is 1.67. The number of rotatable bonds is 1. The first kappa shape index (κ1) is 12.4. The van der Waals surface area contributed by atoms with Gasteiger partial charge in [-0.2, -0.15) is 0 Å². The van der Waals surface area contributed by atoms with E-state index in [0.717, 1.165) is 11.0 Å². The molecule has 1 aromatic carbocycles. The number of nitrogens with one attached hydrogen (secondary N) is 1. The highest BCUT2D eigenvalue weighted by atomic mass is 19.2. The lowest BCUT2D eigenvalue weighted by molar-refractivity contribution is -0.123. The highest BCUT2D eigenvalue weighted by Gasteiger charge is 2.26. The summed E-state index contributed by atoms with van der Waals surface area (Å²) >= 11 is 0. The number of benzene rings is 1. The summed E-state index contributed by atoms with van der Waals surface area (Å²) in [6.07, 6.45) is 0. The molecular formula is C11H9F3N2O2. The van der Waals surface area contributed by atoms with Crippen molar-refractivity contribution in [3.05, 3.63) is 35.1 Å². The minimum Gasteiger partial charge on any atom is -0.353 e. The van der Waals surface area contributed by atoms with E-state index in [1.807, 2.05) is 0 Å². The van der Waals surface area contributed by atoms with Gasteiger partial charge in [-0.15, -0.1) is 0 Å². The highest BCUT2D eigenvalue weighted by molar-refractivity contribution is 5.97. The Hall–Kier alpha value is -2.05. The van der Waals surface area contributed by atoms with E-state index in [1.54, 1.807) is 0 Å². The van der Waals surface area contributed by atoms with E-state index >= 15 is 0 Å². The molecule has 2 rings (SSSR count). The number of nitrogens with zero attached hydrogens (tertiary/aromatic N) is 1. The van der Waals surface area contributed by atoms with Crippen LogP contribution in [0, 0.1) is 17.5 Å². The minimum absolute atomic E-state index is 0.197. The monoisotopic (exact) mass is 258 g/mol. The van der Waals surface area contributed by atoms with Crippen LogP contribution >= 0.6 is 0 Å². The van der Waals surface area contributed by atoms with E-state index < -0.39 is 28.9 Å². The van der Waals surface area contributed by atoms with Gasteiger partial charge in [-0.25, -0.2) is 13.2 Å². The van der Waals surface area contributed by atoms with E-state index in [-0.39, 0.29) is 25.5 Å². The molecule has 2 amide bonds. The summed E-state index contributed by atoms with van der Waals surface area (Å²) in [5.41, 5.74) is -0.580. The summed E-state index contributed by atoms with van der Waals surface area (Å²) in [6, 6.07) is 1.54. The summed E-state index contributed by atoms with van der Waals surface area (Å²) in [5.74, 6) is -5.80. The van der Waals surface area contributed by atoms with Crippen molar-refractivity contribution in [1.82, 2.24) is 10.2 Å². The van der Waals surface area contributed by atoms with Gasteiger partial charge in [0.2, 0.25) is 5.91 Å². The zero-order valence-electron chi connectivity index (χ0n) is 9.17. The topological polar surface area (TPSA) is 49.4 Å².